The predicted molar refractivity (Wildman–Crippen MR) is 88.9 cm³/mol. The predicted octanol–water partition coefficient (Wildman–Crippen LogP) is 2.01. The van der Waals surface area contributed by atoms with E-state index in [0.717, 1.165) is 19.4 Å². The lowest BCUT2D eigenvalue weighted by Crippen LogP contribution is -2.41. The number of hydrogen-bond acceptors (Lipinski definition) is 6. The molecule has 1 fully saturated rings. The van der Waals surface area contributed by atoms with E-state index >= 15 is 0 Å². The second kappa shape index (κ2) is 8.01. The third kappa shape index (κ3) is 4.38. The molecule has 1 amide bonds. The van der Waals surface area contributed by atoms with E-state index < -0.39 is 0 Å². The highest BCUT2D eigenvalue weighted by Gasteiger charge is 2.24. The number of likely N-dealkylation sites (tertiary alicyclic amines) is 1. The summed E-state index contributed by atoms with van der Waals surface area (Å²) in [5.41, 5.74) is 0.716. The molecule has 0 spiro atoms. The molecule has 3 rings (SSSR count). The molecule has 7 heteroatoms. The van der Waals surface area contributed by atoms with Gasteiger partial charge in [0.25, 0.3) is 0 Å². The first-order valence-electron chi connectivity index (χ1n) is 8.45. The van der Waals surface area contributed by atoms with Crippen LogP contribution in [0.15, 0.2) is 28.9 Å². The Labute approximate surface area is 141 Å². The second-order valence-corrected chi connectivity index (χ2v) is 6.12. The number of pyridine rings is 1. The van der Waals surface area contributed by atoms with Crippen molar-refractivity contribution in [3.63, 3.8) is 0 Å². The number of amides is 1. The minimum Gasteiger partial charge on any atom is -0.356 e. The normalized spacial score (nSPS) is 18.5. The van der Waals surface area contributed by atoms with Crippen molar-refractivity contribution in [3.8, 4) is 11.5 Å². The largest absolute Gasteiger partial charge is 0.356 e. The van der Waals surface area contributed by atoms with Crippen LogP contribution in [0.3, 0.4) is 0 Å². The Balaban J connectivity index is 1.61. The zero-order valence-electron chi connectivity index (χ0n) is 13.9. The molecular weight excluding hydrogens is 306 g/mol. The van der Waals surface area contributed by atoms with E-state index in [4.69, 9.17) is 4.52 Å². The third-order valence-electron chi connectivity index (χ3n) is 4.30. The molecule has 2 aromatic rings. The first-order valence-corrected chi connectivity index (χ1v) is 8.45. The number of carbonyl (C=O) groups excluding carboxylic acids is 1. The average molecular weight is 329 g/mol. The number of carbonyl (C=O) groups is 1. The lowest BCUT2D eigenvalue weighted by Gasteiger charge is -2.34. The van der Waals surface area contributed by atoms with E-state index in [1.165, 1.54) is 12.8 Å². The summed E-state index contributed by atoms with van der Waals surface area (Å²) >= 11 is 0. The standard InChI is InChI=1S/C17H23N5O2/c1-13(23)18-10-8-14-6-3-5-11-22(14)12-16-20-17(21-24-16)15-7-2-4-9-19-15/h2,4,7,9,14H,3,5-6,8,10-12H2,1H3,(H,18,23)/t14-/m1/s1. The quantitative estimate of drug-likeness (QED) is 0.873. The van der Waals surface area contributed by atoms with Gasteiger partial charge in [0.05, 0.1) is 6.54 Å². The number of nitrogens with one attached hydrogen (secondary N) is 1. The van der Waals surface area contributed by atoms with Crippen LogP contribution in [0.1, 0.15) is 38.5 Å². The molecule has 0 bridgehead atoms. The summed E-state index contributed by atoms with van der Waals surface area (Å²) in [5, 5.41) is 6.91. The van der Waals surface area contributed by atoms with Crippen LogP contribution in [-0.2, 0) is 11.3 Å². The van der Waals surface area contributed by atoms with Crippen molar-refractivity contribution in [2.24, 2.45) is 0 Å². The maximum absolute atomic E-state index is 11.0. The fourth-order valence-corrected chi connectivity index (χ4v) is 3.10. The zero-order chi connectivity index (χ0) is 16.8. The maximum atomic E-state index is 11.0. The fraction of sp³-hybridized carbons (Fsp3) is 0.529. The summed E-state index contributed by atoms with van der Waals surface area (Å²) < 4.78 is 5.40. The maximum Gasteiger partial charge on any atom is 0.241 e. The topological polar surface area (TPSA) is 84.2 Å². The van der Waals surface area contributed by atoms with Crippen molar-refractivity contribution in [1.29, 1.82) is 0 Å². The molecule has 2 aromatic heterocycles. The van der Waals surface area contributed by atoms with Gasteiger partial charge in [0.15, 0.2) is 0 Å². The molecule has 0 unspecified atom stereocenters. The van der Waals surface area contributed by atoms with Gasteiger partial charge < -0.3 is 9.84 Å². The van der Waals surface area contributed by atoms with Crippen LogP contribution < -0.4 is 5.32 Å². The van der Waals surface area contributed by atoms with Gasteiger partial charge in [-0.15, -0.1) is 0 Å². The third-order valence-corrected chi connectivity index (χ3v) is 4.30. The SMILES string of the molecule is CC(=O)NCC[C@H]1CCCCN1Cc1nc(-c2ccccn2)no1. The molecule has 3 heterocycles. The number of rotatable bonds is 6. The summed E-state index contributed by atoms with van der Waals surface area (Å²) in [4.78, 5) is 22.1. The number of aromatic nitrogens is 3. The Kier molecular flexibility index (Phi) is 5.53. The number of hydrogen-bond donors (Lipinski definition) is 1. The number of piperidine rings is 1. The van der Waals surface area contributed by atoms with Gasteiger partial charge in [-0.1, -0.05) is 17.6 Å². The Hall–Kier alpha value is -2.28. The highest BCUT2D eigenvalue weighted by molar-refractivity contribution is 5.72. The van der Waals surface area contributed by atoms with E-state index in [1.54, 1.807) is 13.1 Å². The molecule has 0 aromatic carbocycles. The summed E-state index contributed by atoms with van der Waals surface area (Å²) in [6.45, 7) is 3.92. The molecule has 1 saturated heterocycles. The van der Waals surface area contributed by atoms with Crippen molar-refractivity contribution in [2.45, 2.75) is 45.2 Å². The molecule has 24 heavy (non-hydrogen) atoms. The van der Waals surface area contributed by atoms with Gasteiger partial charge in [0.2, 0.25) is 17.6 Å². The van der Waals surface area contributed by atoms with Gasteiger partial charge >= 0.3 is 0 Å². The van der Waals surface area contributed by atoms with Crippen molar-refractivity contribution in [1.82, 2.24) is 25.3 Å². The monoisotopic (exact) mass is 329 g/mol. The highest BCUT2D eigenvalue weighted by Crippen LogP contribution is 2.22. The molecule has 0 radical (unpaired) electrons. The van der Waals surface area contributed by atoms with E-state index in [9.17, 15) is 4.79 Å². The first-order chi connectivity index (χ1) is 11.7. The Morgan fingerprint density at radius 1 is 1.42 bits per heavy atom. The Bertz CT molecular complexity index is 658. The van der Waals surface area contributed by atoms with Gasteiger partial charge in [-0.25, -0.2) is 0 Å². The van der Waals surface area contributed by atoms with Gasteiger partial charge in [-0.05, 0) is 37.9 Å². The second-order valence-electron chi connectivity index (χ2n) is 6.12. The molecule has 128 valence electrons. The minimum atomic E-state index is 0.0225. The van der Waals surface area contributed by atoms with Crippen molar-refractivity contribution >= 4 is 5.91 Å². The molecule has 1 atom stereocenters. The minimum absolute atomic E-state index is 0.0225. The molecular formula is C17H23N5O2. The summed E-state index contributed by atoms with van der Waals surface area (Å²) in [6.07, 6.45) is 6.21. The van der Waals surface area contributed by atoms with Gasteiger partial charge in [0, 0.05) is 25.7 Å². The van der Waals surface area contributed by atoms with Crippen LogP contribution in [-0.4, -0.2) is 45.1 Å². The summed E-state index contributed by atoms with van der Waals surface area (Å²) in [6, 6.07) is 6.07. The molecule has 1 aliphatic rings. The van der Waals surface area contributed by atoms with Crippen LogP contribution in [0.25, 0.3) is 11.5 Å². The van der Waals surface area contributed by atoms with Crippen molar-refractivity contribution in [2.75, 3.05) is 13.1 Å². The van der Waals surface area contributed by atoms with Crippen LogP contribution in [0, 0.1) is 0 Å². The van der Waals surface area contributed by atoms with Crippen LogP contribution in [0.2, 0.25) is 0 Å². The van der Waals surface area contributed by atoms with Gasteiger partial charge in [0.1, 0.15) is 5.69 Å². The highest BCUT2D eigenvalue weighted by atomic mass is 16.5. The lowest BCUT2D eigenvalue weighted by atomic mass is 9.99. The van der Waals surface area contributed by atoms with E-state index in [2.05, 4.69) is 25.3 Å². The Morgan fingerprint density at radius 2 is 2.33 bits per heavy atom. The molecule has 0 aliphatic carbocycles. The van der Waals surface area contributed by atoms with Crippen molar-refractivity contribution < 1.29 is 9.32 Å². The van der Waals surface area contributed by atoms with Gasteiger partial charge in [-0.2, -0.15) is 4.98 Å². The summed E-state index contributed by atoms with van der Waals surface area (Å²) in [5.74, 6) is 1.16. The van der Waals surface area contributed by atoms with Crippen LogP contribution in [0.5, 0.6) is 0 Å². The van der Waals surface area contributed by atoms with Crippen molar-refractivity contribution in [3.05, 3.63) is 30.3 Å². The molecule has 1 N–H and O–H groups in total. The van der Waals surface area contributed by atoms with E-state index in [0.29, 0.717) is 36.5 Å². The van der Waals surface area contributed by atoms with Crippen LogP contribution >= 0.6 is 0 Å². The molecule has 7 nitrogen and oxygen atoms in total. The van der Waals surface area contributed by atoms with Gasteiger partial charge in [-0.3, -0.25) is 14.7 Å². The zero-order valence-corrected chi connectivity index (χ0v) is 13.9. The average Bonchev–Trinajstić information content (AvgIpc) is 3.05. The van der Waals surface area contributed by atoms with E-state index in [1.807, 2.05) is 18.2 Å². The molecule has 1 aliphatic heterocycles. The first kappa shape index (κ1) is 16.6. The number of nitrogens with zero attached hydrogens (tertiary/aromatic N) is 4. The summed E-state index contributed by atoms with van der Waals surface area (Å²) in [7, 11) is 0. The lowest BCUT2D eigenvalue weighted by molar-refractivity contribution is -0.119. The molecule has 0 saturated carbocycles. The van der Waals surface area contributed by atoms with Crippen LogP contribution in [0.4, 0.5) is 0 Å². The Morgan fingerprint density at radius 3 is 3.12 bits per heavy atom. The smallest absolute Gasteiger partial charge is 0.241 e. The fourth-order valence-electron chi connectivity index (χ4n) is 3.10. The van der Waals surface area contributed by atoms with E-state index in [-0.39, 0.29) is 5.91 Å².